The van der Waals surface area contributed by atoms with E-state index >= 15 is 0 Å². The van der Waals surface area contributed by atoms with Gasteiger partial charge in [-0.05, 0) is 32.0 Å². The SMILES string of the molecule is CNC(=O)NC(=O)C(C)Oc1ccc(Br)cc1[C@H](C)O. The Labute approximate surface area is 125 Å². The Morgan fingerprint density at radius 2 is 2.00 bits per heavy atom. The molecule has 0 heterocycles. The van der Waals surface area contributed by atoms with Crippen molar-refractivity contribution in [1.29, 1.82) is 0 Å². The van der Waals surface area contributed by atoms with E-state index in [1.165, 1.54) is 14.0 Å². The molecule has 0 saturated heterocycles. The summed E-state index contributed by atoms with van der Waals surface area (Å²) in [5, 5.41) is 14.1. The lowest BCUT2D eigenvalue weighted by molar-refractivity contribution is -0.126. The van der Waals surface area contributed by atoms with Crippen LogP contribution in [0.15, 0.2) is 22.7 Å². The molecular weight excluding hydrogens is 328 g/mol. The first-order valence-electron chi connectivity index (χ1n) is 6.02. The number of halogens is 1. The molecular formula is C13H17BrN2O4. The third-order valence-electron chi connectivity index (χ3n) is 2.56. The van der Waals surface area contributed by atoms with Crippen LogP contribution < -0.4 is 15.4 Å². The number of ether oxygens (including phenoxy) is 1. The normalized spacial score (nSPS) is 13.2. The van der Waals surface area contributed by atoms with Crippen LogP contribution in [0.5, 0.6) is 5.75 Å². The molecule has 0 aromatic heterocycles. The van der Waals surface area contributed by atoms with Crippen LogP contribution in [0.3, 0.4) is 0 Å². The summed E-state index contributed by atoms with van der Waals surface area (Å²) in [5.74, 6) is -0.174. The number of carbonyl (C=O) groups excluding carboxylic acids is 2. The quantitative estimate of drug-likeness (QED) is 0.776. The van der Waals surface area contributed by atoms with E-state index in [9.17, 15) is 14.7 Å². The molecule has 1 rings (SSSR count). The molecule has 0 bridgehead atoms. The van der Waals surface area contributed by atoms with E-state index in [1.807, 2.05) is 0 Å². The molecule has 0 aliphatic heterocycles. The van der Waals surface area contributed by atoms with Gasteiger partial charge in [-0.3, -0.25) is 10.1 Å². The first-order chi connectivity index (χ1) is 9.35. The van der Waals surface area contributed by atoms with Gasteiger partial charge in [-0.25, -0.2) is 4.79 Å². The van der Waals surface area contributed by atoms with Gasteiger partial charge >= 0.3 is 6.03 Å². The topological polar surface area (TPSA) is 87.7 Å². The van der Waals surface area contributed by atoms with E-state index in [0.29, 0.717) is 11.3 Å². The van der Waals surface area contributed by atoms with Gasteiger partial charge in [0.1, 0.15) is 5.75 Å². The predicted octanol–water partition coefficient (Wildman–Crippen LogP) is 1.73. The molecule has 3 amide bonds. The molecule has 0 saturated carbocycles. The fourth-order valence-corrected chi connectivity index (χ4v) is 1.85. The number of hydrogen-bond acceptors (Lipinski definition) is 4. The summed E-state index contributed by atoms with van der Waals surface area (Å²) < 4.78 is 6.29. The van der Waals surface area contributed by atoms with Gasteiger partial charge in [0, 0.05) is 17.1 Å². The highest BCUT2D eigenvalue weighted by Crippen LogP contribution is 2.29. The molecule has 0 radical (unpaired) electrons. The summed E-state index contributed by atoms with van der Waals surface area (Å²) in [7, 11) is 1.41. The number of carbonyl (C=O) groups is 2. The maximum atomic E-state index is 11.7. The molecule has 0 aliphatic rings. The van der Waals surface area contributed by atoms with E-state index in [-0.39, 0.29) is 0 Å². The molecule has 20 heavy (non-hydrogen) atoms. The molecule has 0 spiro atoms. The lowest BCUT2D eigenvalue weighted by Crippen LogP contribution is -2.44. The minimum Gasteiger partial charge on any atom is -0.480 e. The molecule has 1 aromatic carbocycles. The summed E-state index contributed by atoms with van der Waals surface area (Å²) in [5.41, 5.74) is 0.555. The Hall–Kier alpha value is -1.60. The summed E-state index contributed by atoms with van der Waals surface area (Å²) in [6.07, 6.45) is -1.61. The second-order valence-electron chi connectivity index (χ2n) is 4.19. The Morgan fingerprint density at radius 1 is 1.35 bits per heavy atom. The van der Waals surface area contributed by atoms with Crippen molar-refractivity contribution >= 4 is 27.9 Å². The van der Waals surface area contributed by atoms with Gasteiger partial charge in [0.25, 0.3) is 5.91 Å². The lowest BCUT2D eigenvalue weighted by atomic mass is 10.1. The molecule has 1 unspecified atom stereocenters. The average molecular weight is 345 g/mol. The summed E-state index contributed by atoms with van der Waals surface area (Å²) in [4.78, 5) is 22.8. The van der Waals surface area contributed by atoms with Crippen LogP contribution in [0.4, 0.5) is 4.79 Å². The third-order valence-corrected chi connectivity index (χ3v) is 3.05. The number of hydrogen-bond donors (Lipinski definition) is 3. The van der Waals surface area contributed by atoms with Gasteiger partial charge in [0.15, 0.2) is 6.10 Å². The number of amides is 3. The van der Waals surface area contributed by atoms with Crippen molar-refractivity contribution in [1.82, 2.24) is 10.6 Å². The zero-order chi connectivity index (χ0) is 15.3. The van der Waals surface area contributed by atoms with Gasteiger partial charge in [-0.15, -0.1) is 0 Å². The van der Waals surface area contributed by atoms with Crippen LogP contribution in [-0.4, -0.2) is 30.2 Å². The molecule has 0 aliphatic carbocycles. The van der Waals surface area contributed by atoms with E-state index < -0.39 is 24.1 Å². The number of imide groups is 1. The Morgan fingerprint density at radius 3 is 2.55 bits per heavy atom. The predicted molar refractivity (Wildman–Crippen MR) is 77.5 cm³/mol. The van der Waals surface area contributed by atoms with Gasteiger partial charge in [0.2, 0.25) is 0 Å². The second-order valence-corrected chi connectivity index (χ2v) is 5.10. The van der Waals surface area contributed by atoms with Crippen molar-refractivity contribution in [2.45, 2.75) is 26.1 Å². The fraction of sp³-hybridized carbons (Fsp3) is 0.385. The Bertz CT molecular complexity index is 505. The standard InChI is InChI=1S/C13H17BrN2O4/c1-7(17)10-6-9(14)4-5-11(10)20-8(2)12(18)16-13(19)15-3/h4-8,17H,1-3H3,(H2,15,16,18,19)/t7-,8?/m0/s1. The highest BCUT2D eigenvalue weighted by Gasteiger charge is 2.19. The van der Waals surface area contributed by atoms with E-state index in [1.54, 1.807) is 25.1 Å². The maximum absolute atomic E-state index is 11.7. The van der Waals surface area contributed by atoms with Gasteiger partial charge in [-0.1, -0.05) is 15.9 Å². The van der Waals surface area contributed by atoms with Gasteiger partial charge in [0.05, 0.1) is 6.10 Å². The first kappa shape index (κ1) is 16.5. The summed E-state index contributed by atoms with van der Waals surface area (Å²) >= 11 is 3.30. The smallest absolute Gasteiger partial charge is 0.321 e. The average Bonchev–Trinajstić information content (AvgIpc) is 2.40. The maximum Gasteiger partial charge on any atom is 0.321 e. The molecule has 110 valence electrons. The minimum absolute atomic E-state index is 0.391. The van der Waals surface area contributed by atoms with Crippen molar-refractivity contribution in [3.05, 3.63) is 28.2 Å². The lowest BCUT2D eigenvalue weighted by Gasteiger charge is -2.18. The fourth-order valence-electron chi connectivity index (χ4n) is 1.47. The number of aliphatic hydroxyl groups excluding tert-OH is 1. The number of benzene rings is 1. The van der Waals surface area contributed by atoms with Gasteiger partial charge in [-0.2, -0.15) is 0 Å². The number of nitrogens with one attached hydrogen (secondary N) is 2. The molecule has 0 fully saturated rings. The van der Waals surface area contributed by atoms with E-state index in [0.717, 1.165) is 4.47 Å². The number of aliphatic hydroxyl groups is 1. The summed E-state index contributed by atoms with van der Waals surface area (Å²) in [6.45, 7) is 3.12. The molecule has 1 aromatic rings. The molecule has 2 atom stereocenters. The number of rotatable bonds is 4. The Kier molecular flexibility index (Phi) is 5.97. The van der Waals surface area contributed by atoms with Gasteiger partial charge < -0.3 is 15.2 Å². The van der Waals surface area contributed by atoms with Crippen LogP contribution in [0, 0.1) is 0 Å². The van der Waals surface area contributed by atoms with E-state index in [2.05, 4.69) is 26.6 Å². The van der Waals surface area contributed by atoms with Crippen molar-refractivity contribution in [2.75, 3.05) is 7.05 Å². The zero-order valence-electron chi connectivity index (χ0n) is 11.4. The van der Waals surface area contributed by atoms with Crippen LogP contribution in [0.1, 0.15) is 25.5 Å². The van der Waals surface area contributed by atoms with Crippen LogP contribution in [0.25, 0.3) is 0 Å². The minimum atomic E-state index is -0.869. The van der Waals surface area contributed by atoms with Crippen molar-refractivity contribution in [3.63, 3.8) is 0 Å². The first-order valence-corrected chi connectivity index (χ1v) is 6.81. The summed E-state index contributed by atoms with van der Waals surface area (Å²) in [6, 6.07) is 4.50. The number of urea groups is 1. The molecule has 6 nitrogen and oxygen atoms in total. The van der Waals surface area contributed by atoms with Crippen LogP contribution >= 0.6 is 15.9 Å². The molecule has 3 N–H and O–H groups in total. The van der Waals surface area contributed by atoms with Crippen LogP contribution in [0.2, 0.25) is 0 Å². The van der Waals surface area contributed by atoms with Crippen molar-refractivity contribution in [2.24, 2.45) is 0 Å². The van der Waals surface area contributed by atoms with E-state index in [4.69, 9.17) is 4.74 Å². The highest BCUT2D eigenvalue weighted by atomic mass is 79.9. The monoisotopic (exact) mass is 344 g/mol. The van der Waals surface area contributed by atoms with Crippen LogP contribution in [-0.2, 0) is 4.79 Å². The second kappa shape index (κ2) is 7.25. The third kappa shape index (κ3) is 4.50. The van der Waals surface area contributed by atoms with Crippen molar-refractivity contribution < 1.29 is 19.4 Å². The largest absolute Gasteiger partial charge is 0.480 e. The molecule has 7 heteroatoms. The Balaban J connectivity index is 2.82. The highest BCUT2D eigenvalue weighted by molar-refractivity contribution is 9.10. The van der Waals surface area contributed by atoms with Crippen molar-refractivity contribution in [3.8, 4) is 5.75 Å². The zero-order valence-corrected chi connectivity index (χ0v) is 13.0.